The average molecular weight is 374 g/mol. The van der Waals surface area contributed by atoms with Gasteiger partial charge in [-0.2, -0.15) is 0 Å². The van der Waals surface area contributed by atoms with Gasteiger partial charge in [-0.25, -0.2) is 4.79 Å². The van der Waals surface area contributed by atoms with Crippen molar-refractivity contribution in [1.29, 1.82) is 0 Å². The van der Waals surface area contributed by atoms with E-state index in [1.807, 2.05) is 18.7 Å². The third-order valence-corrected chi connectivity index (χ3v) is 4.40. The highest BCUT2D eigenvalue weighted by atomic mass is 79.9. The van der Waals surface area contributed by atoms with E-state index in [9.17, 15) is 14.7 Å². The fourth-order valence-corrected chi connectivity index (χ4v) is 3.42. The number of amides is 1. The maximum absolute atomic E-state index is 12.2. The van der Waals surface area contributed by atoms with Gasteiger partial charge in [0.25, 0.3) is 0 Å². The van der Waals surface area contributed by atoms with E-state index in [2.05, 4.69) is 15.9 Å². The Balaban J connectivity index is 2.75. The first-order valence-electron chi connectivity index (χ1n) is 6.93. The molecule has 0 spiro atoms. The molecule has 0 atom stereocenters. The number of rotatable bonds is 8. The van der Waals surface area contributed by atoms with Gasteiger partial charge in [0.05, 0.1) is 11.3 Å². The van der Waals surface area contributed by atoms with Gasteiger partial charge in [0.2, 0.25) is 5.91 Å². The van der Waals surface area contributed by atoms with E-state index in [4.69, 9.17) is 0 Å². The molecule has 4 nitrogen and oxygen atoms in total. The molecule has 21 heavy (non-hydrogen) atoms. The maximum Gasteiger partial charge on any atom is 0.336 e. The molecule has 0 bridgehead atoms. The first-order valence-corrected chi connectivity index (χ1v) is 8.70. The topological polar surface area (TPSA) is 57.6 Å². The number of carboxylic acid groups (broad SMARTS) is 1. The van der Waals surface area contributed by atoms with Crippen molar-refractivity contribution >= 4 is 39.6 Å². The van der Waals surface area contributed by atoms with Crippen LogP contribution in [0.1, 0.15) is 37.0 Å². The van der Waals surface area contributed by atoms with Crippen LogP contribution >= 0.6 is 27.7 Å². The van der Waals surface area contributed by atoms with Crippen LogP contribution in [-0.2, 0) is 4.79 Å². The number of carbonyl (C=O) groups excluding carboxylic acids is 1. The Kier molecular flexibility index (Phi) is 7.82. The molecule has 0 aliphatic rings. The molecule has 0 heterocycles. The highest BCUT2D eigenvalue weighted by Gasteiger charge is 2.15. The molecule has 1 rings (SSSR count). The smallest absolute Gasteiger partial charge is 0.336 e. The van der Waals surface area contributed by atoms with Crippen LogP contribution < -0.4 is 0 Å². The minimum absolute atomic E-state index is 0.0556. The van der Waals surface area contributed by atoms with Crippen LogP contribution in [0.25, 0.3) is 0 Å². The molecular weight excluding hydrogens is 354 g/mol. The van der Waals surface area contributed by atoms with Gasteiger partial charge in [0.1, 0.15) is 0 Å². The van der Waals surface area contributed by atoms with Crippen molar-refractivity contribution in [2.75, 3.05) is 18.8 Å². The van der Waals surface area contributed by atoms with Crippen LogP contribution in [0.4, 0.5) is 0 Å². The van der Waals surface area contributed by atoms with Gasteiger partial charge < -0.3 is 10.0 Å². The van der Waals surface area contributed by atoms with Gasteiger partial charge in [-0.3, -0.25) is 4.79 Å². The lowest BCUT2D eigenvalue weighted by molar-refractivity contribution is -0.128. The van der Waals surface area contributed by atoms with Gasteiger partial charge in [0.15, 0.2) is 0 Å². The predicted octanol–water partition coefficient (Wildman–Crippen LogP) is 3.89. The zero-order valence-electron chi connectivity index (χ0n) is 12.3. The van der Waals surface area contributed by atoms with Crippen LogP contribution in [0, 0.1) is 0 Å². The number of thioether (sulfide) groups is 1. The minimum Gasteiger partial charge on any atom is -0.478 e. The monoisotopic (exact) mass is 373 g/mol. The van der Waals surface area contributed by atoms with Crippen LogP contribution in [0.3, 0.4) is 0 Å². The Bertz CT molecular complexity index is 502. The first kappa shape index (κ1) is 18.0. The van der Waals surface area contributed by atoms with E-state index in [1.54, 1.807) is 18.2 Å². The summed E-state index contributed by atoms with van der Waals surface area (Å²) in [5.74, 6) is -0.659. The van der Waals surface area contributed by atoms with Gasteiger partial charge in [-0.05, 0) is 31.0 Å². The molecule has 0 unspecified atom stereocenters. The summed E-state index contributed by atoms with van der Waals surface area (Å²) in [5.41, 5.74) is 0.230. The van der Waals surface area contributed by atoms with Crippen LogP contribution in [0.5, 0.6) is 0 Å². The number of hydrogen-bond acceptors (Lipinski definition) is 3. The van der Waals surface area contributed by atoms with Crippen molar-refractivity contribution in [2.24, 2.45) is 0 Å². The summed E-state index contributed by atoms with van der Waals surface area (Å²) in [4.78, 5) is 25.8. The summed E-state index contributed by atoms with van der Waals surface area (Å²) in [6.45, 7) is 5.58. The van der Waals surface area contributed by atoms with E-state index < -0.39 is 5.97 Å². The molecule has 1 aromatic carbocycles. The van der Waals surface area contributed by atoms with Gasteiger partial charge in [-0.15, -0.1) is 11.8 Å². The van der Waals surface area contributed by atoms with E-state index in [0.29, 0.717) is 4.90 Å². The van der Waals surface area contributed by atoms with Crippen molar-refractivity contribution < 1.29 is 14.7 Å². The van der Waals surface area contributed by atoms with E-state index >= 15 is 0 Å². The molecule has 0 radical (unpaired) electrons. The maximum atomic E-state index is 12.2. The van der Waals surface area contributed by atoms with Crippen molar-refractivity contribution in [2.45, 2.75) is 31.6 Å². The highest BCUT2D eigenvalue weighted by Crippen LogP contribution is 2.27. The number of nitrogens with zero attached hydrogens (tertiary/aromatic N) is 1. The molecule has 0 saturated heterocycles. The molecule has 0 saturated carbocycles. The predicted molar refractivity (Wildman–Crippen MR) is 89.0 cm³/mol. The SMILES string of the molecule is CCCN(CCC)C(=O)CSc1cc(Br)ccc1C(=O)O. The molecule has 116 valence electrons. The normalized spacial score (nSPS) is 10.4. The summed E-state index contributed by atoms with van der Waals surface area (Å²) < 4.78 is 0.807. The van der Waals surface area contributed by atoms with Gasteiger partial charge >= 0.3 is 5.97 Å². The number of halogens is 1. The molecule has 1 N–H and O–H groups in total. The Morgan fingerprint density at radius 3 is 2.38 bits per heavy atom. The number of benzene rings is 1. The van der Waals surface area contributed by atoms with Crippen LogP contribution in [0.2, 0.25) is 0 Å². The number of carbonyl (C=O) groups is 2. The Morgan fingerprint density at radius 2 is 1.86 bits per heavy atom. The average Bonchev–Trinajstić information content (AvgIpc) is 2.44. The summed E-state index contributed by atoms with van der Waals surface area (Å²) in [6, 6.07) is 4.98. The molecule has 0 aliphatic carbocycles. The molecule has 0 fully saturated rings. The fraction of sp³-hybridized carbons (Fsp3) is 0.467. The van der Waals surface area contributed by atoms with E-state index in [1.165, 1.54) is 11.8 Å². The lowest BCUT2D eigenvalue weighted by atomic mass is 10.2. The van der Waals surface area contributed by atoms with Gasteiger partial charge in [-0.1, -0.05) is 29.8 Å². The molecule has 1 amide bonds. The molecule has 0 aromatic heterocycles. The zero-order chi connectivity index (χ0) is 15.8. The van der Waals surface area contributed by atoms with Gasteiger partial charge in [0, 0.05) is 22.5 Å². The minimum atomic E-state index is -0.976. The largest absolute Gasteiger partial charge is 0.478 e. The standard InChI is InChI=1S/C15H20BrNO3S/c1-3-7-17(8-4-2)14(18)10-21-13-9-11(16)5-6-12(13)15(19)20/h5-6,9H,3-4,7-8,10H2,1-2H3,(H,19,20). The van der Waals surface area contributed by atoms with Crippen LogP contribution in [-0.4, -0.2) is 40.7 Å². The fourth-order valence-electron chi connectivity index (χ4n) is 1.92. The van der Waals surface area contributed by atoms with E-state index in [-0.39, 0.29) is 17.2 Å². The second-order valence-corrected chi connectivity index (χ2v) is 6.55. The van der Waals surface area contributed by atoms with Crippen molar-refractivity contribution in [1.82, 2.24) is 4.90 Å². The number of hydrogen-bond donors (Lipinski definition) is 1. The molecule has 6 heteroatoms. The molecular formula is C15H20BrNO3S. The summed E-state index contributed by atoms with van der Waals surface area (Å²) in [5, 5.41) is 9.18. The van der Waals surface area contributed by atoms with Crippen molar-refractivity contribution in [3.8, 4) is 0 Å². The Hall–Kier alpha value is -1.01. The van der Waals surface area contributed by atoms with Crippen molar-refractivity contribution in [3.05, 3.63) is 28.2 Å². The van der Waals surface area contributed by atoms with E-state index in [0.717, 1.165) is 30.4 Å². The van der Waals surface area contributed by atoms with Crippen molar-refractivity contribution in [3.63, 3.8) is 0 Å². The summed E-state index contributed by atoms with van der Waals surface area (Å²) in [6.07, 6.45) is 1.85. The zero-order valence-corrected chi connectivity index (χ0v) is 14.7. The second kappa shape index (κ2) is 9.10. The summed E-state index contributed by atoms with van der Waals surface area (Å²) in [7, 11) is 0. The lowest BCUT2D eigenvalue weighted by Gasteiger charge is -2.21. The quantitative estimate of drug-likeness (QED) is 0.702. The Labute approximate surface area is 138 Å². The molecule has 1 aromatic rings. The number of aromatic carboxylic acids is 1. The summed E-state index contributed by atoms with van der Waals surface area (Å²) >= 11 is 4.61. The van der Waals surface area contributed by atoms with Crippen LogP contribution in [0.15, 0.2) is 27.6 Å². The second-order valence-electron chi connectivity index (χ2n) is 4.62. The number of carboxylic acids is 1. The lowest BCUT2D eigenvalue weighted by Crippen LogP contribution is -2.33. The third-order valence-electron chi connectivity index (χ3n) is 2.86. The Morgan fingerprint density at radius 1 is 1.24 bits per heavy atom. The highest BCUT2D eigenvalue weighted by molar-refractivity contribution is 9.10. The first-order chi connectivity index (χ1) is 9.99. The molecule has 0 aliphatic heterocycles. The third kappa shape index (κ3) is 5.71.